The molecule has 0 bridgehead atoms. The van der Waals surface area contributed by atoms with Gasteiger partial charge in [0.05, 0.1) is 4.90 Å². The average molecular weight is 326 g/mol. The molecule has 0 spiro atoms. The van der Waals surface area contributed by atoms with E-state index in [0.717, 1.165) is 25.2 Å². The Labute approximate surface area is 134 Å². The first-order valence-electron chi connectivity index (χ1n) is 7.29. The van der Waals surface area contributed by atoms with Gasteiger partial charge in [0.1, 0.15) is 12.4 Å². The van der Waals surface area contributed by atoms with Gasteiger partial charge in [-0.25, -0.2) is 12.7 Å². The van der Waals surface area contributed by atoms with Gasteiger partial charge in [0, 0.05) is 27.2 Å². The summed E-state index contributed by atoms with van der Waals surface area (Å²) in [6.45, 7) is 11.2. The summed E-state index contributed by atoms with van der Waals surface area (Å²) in [6.07, 6.45) is 0. The summed E-state index contributed by atoms with van der Waals surface area (Å²) < 4.78 is 30.8. The topological polar surface area (TPSA) is 49.9 Å². The highest BCUT2D eigenvalue weighted by Gasteiger charge is 2.16. The second-order valence-corrected chi connectivity index (χ2v) is 7.59. The Balaban J connectivity index is 2.57. The Morgan fingerprint density at radius 1 is 1.23 bits per heavy atom. The molecule has 1 rings (SSSR count). The lowest BCUT2D eigenvalue weighted by Crippen LogP contribution is -2.29. The van der Waals surface area contributed by atoms with Gasteiger partial charge in [0.25, 0.3) is 0 Å². The largest absolute Gasteiger partial charge is 0.492 e. The van der Waals surface area contributed by atoms with Gasteiger partial charge in [-0.2, -0.15) is 0 Å². The van der Waals surface area contributed by atoms with Gasteiger partial charge in [0.2, 0.25) is 10.0 Å². The molecule has 0 amide bonds. The van der Waals surface area contributed by atoms with Crippen LogP contribution >= 0.6 is 0 Å². The smallest absolute Gasteiger partial charge is 0.242 e. The number of ether oxygens (including phenoxy) is 1. The Kier molecular flexibility index (Phi) is 7.06. The van der Waals surface area contributed by atoms with E-state index in [1.54, 1.807) is 24.3 Å². The second-order valence-electron chi connectivity index (χ2n) is 5.43. The zero-order valence-electron chi connectivity index (χ0n) is 13.9. The molecule has 0 unspecified atom stereocenters. The number of likely N-dealkylation sites (N-methyl/N-ethyl adjacent to an activating group) is 1. The van der Waals surface area contributed by atoms with Crippen molar-refractivity contribution >= 4 is 10.0 Å². The summed E-state index contributed by atoms with van der Waals surface area (Å²) in [4.78, 5) is 2.51. The SMILES string of the molecule is C=C(C)CN(CC)CCOc1ccc(S(=O)(=O)N(C)C)cc1. The van der Waals surface area contributed by atoms with Crippen LogP contribution in [0.15, 0.2) is 41.3 Å². The van der Waals surface area contributed by atoms with Crippen LogP contribution in [0.4, 0.5) is 0 Å². The van der Waals surface area contributed by atoms with Crippen molar-refractivity contribution in [3.63, 3.8) is 0 Å². The van der Waals surface area contributed by atoms with E-state index in [2.05, 4.69) is 18.4 Å². The van der Waals surface area contributed by atoms with Crippen molar-refractivity contribution < 1.29 is 13.2 Å². The number of benzene rings is 1. The number of rotatable bonds is 9. The van der Waals surface area contributed by atoms with Gasteiger partial charge >= 0.3 is 0 Å². The molecule has 22 heavy (non-hydrogen) atoms. The molecule has 0 aliphatic heterocycles. The first kappa shape index (κ1) is 18.7. The number of nitrogens with zero attached hydrogens (tertiary/aromatic N) is 2. The summed E-state index contributed by atoms with van der Waals surface area (Å²) in [6, 6.07) is 6.50. The quantitative estimate of drug-likeness (QED) is 0.653. The molecular formula is C16H26N2O3S. The highest BCUT2D eigenvalue weighted by Crippen LogP contribution is 2.18. The van der Waals surface area contributed by atoms with E-state index >= 15 is 0 Å². The minimum absolute atomic E-state index is 0.266. The minimum Gasteiger partial charge on any atom is -0.492 e. The maximum absolute atomic E-state index is 12.0. The van der Waals surface area contributed by atoms with Crippen molar-refractivity contribution in [1.29, 1.82) is 0 Å². The zero-order chi connectivity index (χ0) is 16.8. The van der Waals surface area contributed by atoms with Crippen LogP contribution in [-0.2, 0) is 10.0 Å². The van der Waals surface area contributed by atoms with Crippen molar-refractivity contribution in [2.75, 3.05) is 40.3 Å². The van der Waals surface area contributed by atoms with E-state index in [4.69, 9.17) is 4.74 Å². The fraction of sp³-hybridized carbons (Fsp3) is 0.500. The molecule has 0 saturated carbocycles. The van der Waals surface area contributed by atoms with Gasteiger partial charge < -0.3 is 4.74 Å². The third kappa shape index (κ3) is 5.44. The first-order chi connectivity index (χ1) is 10.3. The lowest BCUT2D eigenvalue weighted by atomic mass is 10.3. The van der Waals surface area contributed by atoms with E-state index in [9.17, 15) is 8.42 Å². The van der Waals surface area contributed by atoms with Crippen LogP contribution < -0.4 is 4.74 Å². The third-order valence-corrected chi connectivity index (χ3v) is 5.05. The summed E-state index contributed by atoms with van der Waals surface area (Å²) in [5.74, 6) is 0.670. The molecule has 0 aliphatic rings. The molecule has 0 saturated heterocycles. The predicted octanol–water partition coefficient (Wildman–Crippen LogP) is 2.21. The van der Waals surface area contributed by atoms with Crippen molar-refractivity contribution in [2.24, 2.45) is 0 Å². The number of hydrogen-bond acceptors (Lipinski definition) is 4. The van der Waals surface area contributed by atoms with Crippen LogP contribution in [0.25, 0.3) is 0 Å². The van der Waals surface area contributed by atoms with E-state index in [0.29, 0.717) is 12.4 Å². The number of hydrogen-bond donors (Lipinski definition) is 0. The lowest BCUT2D eigenvalue weighted by molar-refractivity contribution is 0.227. The fourth-order valence-electron chi connectivity index (χ4n) is 1.94. The fourth-order valence-corrected chi connectivity index (χ4v) is 2.84. The molecule has 0 aliphatic carbocycles. The maximum atomic E-state index is 12.0. The van der Waals surface area contributed by atoms with Gasteiger partial charge in [-0.15, -0.1) is 0 Å². The molecule has 0 aromatic heterocycles. The molecule has 6 heteroatoms. The van der Waals surface area contributed by atoms with Crippen LogP contribution in [0.3, 0.4) is 0 Å². The van der Waals surface area contributed by atoms with Gasteiger partial charge in [-0.1, -0.05) is 19.1 Å². The van der Waals surface area contributed by atoms with E-state index in [-0.39, 0.29) is 4.90 Å². The van der Waals surface area contributed by atoms with Crippen LogP contribution in [0.1, 0.15) is 13.8 Å². The third-order valence-electron chi connectivity index (χ3n) is 3.22. The van der Waals surface area contributed by atoms with E-state index in [1.807, 2.05) is 6.92 Å². The minimum atomic E-state index is -3.39. The van der Waals surface area contributed by atoms with Crippen molar-refractivity contribution in [3.8, 4) is 5.75 Å². The maximum Gasteiger partial charge on any atom is 0.242 e. The average Bonchev–Trinajstić information content (AvgIpc) is 2.46. The van der Waals surface area contributed by atoms with Crippen LogP contribution in [0.5, 0.6) is 5.75 Å². The molecule has 0 N–H and O–H groups in total. The molecule has 0 fully saturated rings. The van der Waals surface area contributed by atoms with Crippen LogP contribution in [0, 0.1) is 0 Å². The zero-order valence-corrected chi connectivity index (χ0v) is 14.7. The molecule has 1 aromatic rings. The van der Waals surface area contributed by atoms with E-state index in [1.165, 1.54) is 18.4 Å². The number of sulfonamides is 1. The normalized spacial score (nSPS) is 11.9. The molecule has 0 heterocycles. The van der Waals surface area contributed by atoms with Crippen molar-refractivity contribution in [1.82, 2.24) is 9.21 Å². The molecular weight excluding hydrogens is 300 g/mol. The lowest BCUT2D eigenvalue weighted by Gasteiger charge is -2.20. The van der Waals surface area contributed by atoms with Crippen LogP contribution in [-0.4, -0.2) is 58.0 Å². The predicted molar refractivity (Wildman–Crippen MR) is 89.7 cm³/mol. The summed E-state index contributed by atoms with van der Waals surface area (Å²) >= 11 is 0. The first-order valence-corrected chi connectivity index (χ1v) is 8.73. The second kappa shape index (κ2) is 8.31. The summed E-state index contributed by atoms with van der Waals surface area (Å²) in [5.41, 5.74) is 1.13. The van der Waals surface area contributed by atoms with Gasteiger partial charge in [-0.05, 0) is 37.7 Å². The molecule has 5 nitrogen and oxygen atoms in total. The Hall–Kier alpha value is -1.37. The molecule has 124 valence electrons. The van der Waals surface area contributed by atoms with E-state index < -0.39 is 10.0 Å². The summed E-state index contributed by atoms with van der Waals surface area (Å²) in [5, 5.41) is 0. The molecule has 0 radical (unpaired) electrons. The van der Waals surface area contributed by atoms with Gasteiger partial charge in [0.15, 0.2) is 0 Å². The Morgan fingerprint density at radius 2 is 1.82 bits per heavy atom. The molecule has 0 atom stereocenters. The summed E-state index contributed by atoms with van der Waals surface area (Å²) in [7, 11) is -0.356. The van der Waals surface area contributed by atoms with Crippen molar-refractivity contribution in [2.45, 2.75) is 18.7 Å². The Bertz CT molecular complexity index is 580. The van der Waals surface area contributed by atoms with Crippen LogP contribution in [0.2, 0.25) is 0 Å². The highest BCUT2D eigenvalue weighted by molar-refractivity contribution is 7.89. The van der Waals surface area contributed by atoms with Crippen molar-refractivity contribution in [3.05, 3.63) is 36.4 Å². The Morgan fingerprint density at radius 3 is 2.27 bits per heavy atom. The highest BCUT2D eigenvalue weighted by atomic mass is 32.2. The monoisotopic (exact) mass is 326 g/mol. The van der Waals surface area contributed by atoms with Gasteiger partial charge in [-0.3, -0.25) is 4.90 Å². The standard InChI is InChI=1S/C16H26N2O3S/c1-6-18(13-14(2)3)11-12-21-15-7-9-16(10-8-15)22(19,20)17(4)5/h7-10H,2,6,11-13H2,1,3-5H3. The molecule has 1 aromatic carbocycles.